The average Bonchev–Trinajstić information content (AvgIpc) is 2.74. The van der Waals surface area contributed by atoms with Gasteiger partial charge < -0.3 is 30.4 Å². The molecule has 0 aliphatic carbocycles. The Kier molecular flexibility index (Phi) is 5.64. The number of hydrogen-bond donors (Lipinski definition) is 2. The van der Waals surface area contributed by atoms with Crippen molar-refractivity contribution in [3.05, 3.63) is 29.6 Å². The first-order chi connectivity index (χ1) is 14.1. The number of nitrogens with one attached hydrogen (secondary N) is 1. The second-order valence-electron chi connectivity index (χ2n) is 7.52. The summed E-state index contributed by atoms with van der Waals surface area (Å²) in [4.78, 5) is 14.2. The van der Waals surface area contributed by atoms with Crippen molar-refractivity contribution in [1.29, 1.82) is 5.41 Å². The minimum atomic E-state index is 0.238. The lowest BCUT2D eigenvalue weighted by molar-refractivity contribution is 0.0985. The van der Waals surface area contributed by atoms with Gasteiger partial charge in [0.15, 0.2) is 0 Å². The summed E-state index contributed by atoms with van der Waals surface area (Å²) in [7, 11) is 0. The molecule has 2 aliphatic rings. The molecular weight excluding hydrogens is 368 g/mol. The van der Waals surface area contributed by atoms with Crippen molar-refractivity contribution < 1.29 is 9.47 Å². The Morgan fingerprint density at radius 2 is 2.00 bits per heavy atom. The molecule has 8 nitrogen and oxygen atoms in total. The molecule has 3 N–H and O–H groups in total. The first kappa shape index (κ1) is 19.6. The smallest absolute Gasteiger partial charge is 0.131 e. The number of nitrogens with zero attached hydrogens (tertiary/aromatic N) is 4. The normalized spacial score (nSPS) is 20.9. The van der Waals surface area contributed by atoms with E-state index in [2.05, 4.69) is 34.7 Å². The number of pyridine rings is 2. The van der Waals surface area contributed by atoms with Crippen molar-refractivity contribution in [1.82, 2.24) is 9.97 Å². The van der Waals surface area contributed by atoms with E-state index in [9.17, 15) is 0 Å². The van der Waals surface area contributed by atoms with Gasteiger partial charge in [-0.15, -0.1) is 0 Å². The van der Waals surface area contributed by atoms with Crippen molar-refractivity contribution in [2.75, 3.05) is 55.9 Å². The Hall–Kier alpha value is -2.71. The van der Waals surface area contributed by atoms with Crippen LogP contribution in [0.2, 0.25) is 0 Å². The number of aryl methyl sites for hydroxylation is 1. The molecule has 0 unspecified atom stereocenters. The van der Waals surface area contributed by atoms with Crippen LogP contribution < -0.4 is 15.5 Å². The molecule has 0 aromatic carbocycles. The Morgan fingerprint density at radius 3 is 2.72 bits per heavy atom. The van der Waals surface area contributed by atoms with Crippen LogP contribution in [0.1, 0.15) is 18.2 Å². The summed E-state index contributed by atoms with van der Waals surface area (Å²) in [6.07, 6.45) is 4.57. The molecule has 0 bridgehead atoms. The lowest BCUT2D eigenvalue weighted by Crippen LogP contribution is -2.44. The Morgan fingerprint density at radius 1 is 1.24 bits per heavy atom. The summed E-state index contributed by atoms with van der Waals surface area (Å²) < 4.78 is 11.2. The summed E-state index contributed by atoms with van der Waals surface area (Å²) in [6, 6.07) is 2.42. The van der Waals surface area contributed by atoms with Crippen LogP contribution in [0.25, 0.3) is 16.6 Å². The average molecular weight is 396 g/mol. The van der Waals surface area contributed by atoms with Crippen molar-refractivity contribution in [2.24, 2.45) is 5.73 Å². The number of aromatic nitrogens is 2. The van der Waals surface area contributed by atoms with Gasteiger partial charge in [0.05, 0.1) is 43.9 Å². The topological polar surface area (TPSA) is 101 Å². The van der Waals surface area contributed by atoms with E-state index in [1.165, 1.54) is 6.21 Å². The number of allylic oxidation sites excluding steroid dienone is 1. The highest BCUT2D eigenvalue weighted by Crippen LogP contribution is 2.35. The van der Waals surface area contributed by atoms with Gasteiger partial charge in [0.1, 0.15) is 17.0 Å². The van der Waals surface area contributed by atoms with Crippen LogP contribution in [0.3, 0.4) is 0 Å². The van der Waals surface area contributed by atoms with E-state index in [1.54, 1.807) is 6.08 Å². The second kappa shape index (κ2) is 8.34. The van der Waals surface area contributed by atoms with Gasteiger partial charge in [0, 0.05) is 43.5 Å². The Balaban J connectivity index is 1.96. The molecule has 2 aliphatic heterocycles. The lowest BCUT2D eigenvalue weighted by atomic mass is 10.1. The zero-order valence-electron chi connectivity index (χ0n) is 17.0. The third-order valence-corrected chi connectivity index (χ3v) is 5.54. The summed E-state index contributed by atoms with van der Waals surface area (Å²) >= 11 is 0. The molecule has 4 heterocycles. The van der Waals surface area contributed by atoms with Crippen LogP contribution >= 0.6 is 0 Å². The maximum absolute atomic E-state index is 7.39. The van der Waals surface area contributed by atoms with Gasteiger partial charge >= 0.3 is 0 Å². The number of nitrogens with two attached hydrogens (primary N) is 1. The molecule has 2 fully saturated rings. The quantitative estimate of drug-likeness (QED) is 0.762. The predicted octanol–water partition coefficient (Wildman–Crippen LogP) is 1.95. The van der Waals surface area contributed by atoms with E-state index < -0.39 is 0 Å². The molecule has 0 saturated carbocycles. The maximum Gasteiger partial charge on any atom is 0.131 e. The molecule has 1 atom stereocenters. The zero-order chi connectivity index (χ0) is 20.4. The van der Waals surface area contributed by atoms with Crippen LogP contribution in [0, 0.1) is 12.3 Å². The van der Waals surface area contributed by atoms with Gasteiger partial charge in [-0.05, 0) is 25.5 Å². The van der Waals surface area contributed by atoms with Crippen molar-refractivity contribution in [3.63, 3.8) is 0 Å². The highest BCUT2D eigenvalue weighted by atomic mass is 16.5. The monoisotopic (exact) mass is 396 g/mol. The van der Waals surface area contributed by atoms with Crippen LogP contribution in [-0.4, -0.2) is 68.3 Å². The minimum absolute atomic E-state index is 0.238. The number of ether oxygens (including phenoxy) is 2. The fourth-order valence-corrected chi connectivity index (χ4v) is 4.01. The third-order valence-electron chi connectivity index (χ3n) is 5.54. The molecule has 0 spiro atoms. The van der Waals surface area contributed by atoms with Gasteiger partial charge in [-0.3, -0.25) is 4.98 Å². The van der Waals surface area contributed by atoms with Crippen LogP contribution in [0.5, 0.6) is 0 Å². The lowest BCUT2D eigenvalue weighted by Gasteiger charge is -2.36. The molecule has 154 valence electrons. The molecule has 0 amide bonds. The highest BCUT2D eigenvalue weighted by Gasteiger charge is 2.25. The van der Waals surface area contributed by atoms with Crippen LogP contribution in [0.15, 0.2) is 18.3 Å². The van der Waals surface area contributed by atoms with E-state index >= 15 is 0 Å². The van der Waals surface area contributed by atoms with Gasteiger partial charge in [0.2, 0.25) is 0 Å². The number of morpholine rings is 2. The SMILES string of the molecule is Cc1cnc(/C(N)=C/C=N)c2nc(N3CCOC[C@H]3C)cc(N3CCOCC3)c12. The van der Waals surface area contributed by atoms with Gasteiger partial charge in [0.25, 0.3) is 0 Å². The molecule has 2 saturated heterocycles. The molecule has 29 heavy (non-hydrogen) atoms. The van der Waals surface area contributed by atoms with Crippen molar-refractivity contribution >= 4 is 34.3 Å². The molecule has 8 heteroatoms. The summed E-state index contributed by atoms with van der Waals surface area (Å²) in [5.41, 5.74) is 10.3. The van der Waals surface area contributed by atoms with E-state index in [1.807, 2.05) is 6.20 Å². The maximum atomic E-state index is 7.39. The summed E-state index contributed by atoms with van der Waals surface area (Å²) in [5, 5.41) is 8.45. The Bertz CT molecular complexity index is 938. The van der Waals surface area contributed by atoms with E-state index in [-0.39, 0.29) is 6.04 Å². The number of fused-ring (bicyclic) bond motifs is 1. The second-order valence-corrected chi connectivity index (χ2v) is 7.52. The number of rotatable bonds is 4. The number of hydrogen-bond acceptors (Lipinski definition) is 8. The highest BCUT2D eigenvalue weighted by molar-refractivity contribution is 6.01. The molecule has 2 aromatic heterocycles. The third kappa shape index (κ3) is 3.77. The molecule has 0 radical (unpaired) electrons. The molecular formula is C21H28N6O2. The van der Waals surface area contributed by atoms with Gasteiger partial charge in [-0.25, -0.2) is 4.98 Å². The fourth-order valence-electron chi connectivity index (χ4n) is 4.01. The van der Waals surface area contributed by atoms with E-state index in [4.69, 9.17) is 25.6 Å². The Labute approximate surface area is 170 Å². The van der Waals surface area contributed by atoms with Gasteiger partial charge in [-0.2, -0.15) is 0 Å². The molecule has 2 aromatic rings. The first-order valence-electron chi connectivity index (χ1n) is 10.0. The van der Waals surface area contributed by atoms with Crippen LogP contribution in [-0.2, 0) is 9.47 Å². The zero-order valence-corrected chi connectivity index (χ0v) is 17.0. The minimum Gasteiger partial charge on any atom is -0.397 e. The standard InChI is InChI=1S/C21H28N6O2/c1-14-12-24-20(16(23)3-4-22)21-19(14)17(26-5-8-28-9-6-26)11-18(25-21)27-7-10-29-13-15(27)2/h3-4,11-12,15,22H,5-10,13,23H2,1-2H3/b16-3-,22-4?/t15-/m1/s1. The van der Waals surface area contributed by atoms with Crippen molar-refractivity contribution in [3.8, 4) is 0 Å². The summed E-state index contributed by atoms with van der Waals surface area (Å²) in [6.45, 7) is 9.45. The largest absolute Gasteiger partial charge is 0.397 e. The van der Waals surface area contributed by atoms with Gasteiger partial charge in [-0.1, -0.05) is 0 Å². The van der Waals surface area contributed by atoms with Crippen molar-refractivity contribution in [2.45, 2.75) is 19.9 Å². The molecule has 4 rings (SSSR count). The predicted molar refractivity (Wildman–Crippen MR) is 116 cm³/mol. The number of anilines is 2. The first-order valence-corrected chi connectivity index (χ1v) is 10.0. The fraction of sp³-hybridized carbons (Fsp3) is 0.476. The van der Waals surface area contributed by atoms with E-state index in [0.717, 1.165) is 47.6 Å². The summed E-state index contributed by atoms with van der Waals surface area (Å²) in [5.74, 6) is 0.908. The van der Waals surface area contributed by atoms with Crippen LogP contribution in [0.4, 0.5) is 11.5 Å². The van der Waals surface area contributed by atoms with E-state index in [0.29, 0.717) is 37.8 Å².